The van der Waals surface area contributed by atoms with Crippen molar-refractivity contribution in [3.05, 3.63) is 25.3 Å². The molecule has 0 aromatic heterocycles. The van der Waals surface area contributed by atoms with E-state index in [-0.39, 0.29) is 25.0 Å². The van der Waals surface area contributed by atoms with E-state index in [2.05, 4.69) is 13.2 Å². The number of carbonyl (C=O) groups excluding carboxylic acids is 3. The van der Waals surface area contributed by atoms with Crippen LogP contribution in [0.15, 0.2) is 25.3 Å². The van der Waals surface area contributed by atoms with E-state index in [0.717, 1.165) is 19.3 Å². The van der Waals surface area contributed by atoms with Crippen LogP contribution in [0.25, 0.3) is 0 Å². The average molecular weight is 519 g/mol. The van der Waals surface area contributed by atoms with Crippen LogP contribution in [0.3, 0.4) is 0 Å². The monoisotopic (exact) mass is 518 g/mol. The number of nitrogens with zero attached hydrogens (tertiary/aromatic N) is 2. The first kappa shape index (κ1) is 29.4. The van der Waals surface area contributed by atoms with Gasteiger partial charge in [-0.05, 0) is 66.2 Å². The summed E-state index contributed by atoms with van der Waals surface area (Å²) in [7, 11) is 0. The second kappa shape index (κ2) is 11.7. The molecular formula is C29H46N2O6. The Labute approximate surface area is 222 Å². The number of rotatable bonds is 14. The van der Waals surface area contributed by atoms with Crippen LogP contribution in [0, 0.1) is 11.8 Å². The van der Waals surface area contributed by atoms with Crippen LogP contribution in [-0.2, 0) is 23.9 Å². The average Bonchev–Trinajstić information content (AvgIpc) is 3.40. The fourth-order valence-electron chi connectivity index (χ4n) is 6.51. The minimum absolute atomic E-state index is 0.139. The molecule has 2 amide bonds. The Balaban J connectivity index is 1.96. The number of hydrogen-bond donors (Lipinski definition) is 1. The lowest BCUT2D eigenvalue weighted by molar-refractivity contribution is -0.161. The van der Waals surface area contributed by atoms with Gasteiger partial charge in [0.15, 0.2) is 0 Å². The van der Waals surface area contributed by atoms with E-state index in [1.807, 2.05) is 27.7 Å². The number of unbranched alkanes of at least 4 members (excludes halogenated alkanes) is 4. The summed E-state index contributed by atoms with van der Waals surface area (Å²) in [5.74, 6) is -2.25. The largest absolute Gasteiger partial charge is 0.465 e. The van der Waals surface area contributed by atoms with Gasteiger partial charge >= 0.3 is 5.97 Å². The highest BCUT2D eigenvalue weighted by Gasteiger charge is 2.78. The zero-order chi connectivity index (χ0) is 27.4. The first-order chi connectivity index (χ1) is 17.5. The summed E-state index contributed by atoms with van der Waals surface area (Å²) in [4.78, 5) is 45.1. The molecule has 3 heterocycles. The standard InChI is InChI=1S/C29H46N2O6/c1-7-9-14-20-36-26(35)22-21-24(33)30(18-12-10-11-13-19-32)23(29(21)16-15-28(22,6)37-29)25(34)31(17-8-2)27(3,4)5/h7-8,21-23,32H,1-2,9-20H2,3-6H3/t21-,22-,23?,28+,29?/m0/s1. The molecule has 3 fully saturated rings. The SMILES string of the molecule is C=CCCCOC(=O)[C@@H]1[C@H]2C(=O)N(CCCCCCO)C(C(=O)N(CC=C)C(C)(C)C)C23CC[C@@]1(C)O3. The third kappa shape index (κ3) is 5.51. The second-order valence-electron chi connectivity index (χ2n) is 11.9. The van der Waals surface area contributed by atoms with E-state index >= 15 is 0 Å². The van der Waals surface area contributed by atoms with E-state index < -0.39 is 40.6 Å². The third-order valence-electron chi connectivity index (χ3n) is 8.26. The van der Waals surface area contributed by atoms with Crippen LogP contribution < -0.4 is 0 Å². The van der Waals surface area contributed by atoms with Crippen molar-refractivity contribution in [2.24, 2.45) is 11.8 Å². The molecule has 3 rings (SSSR count). The lowest BCUT2D eigenvalue weighted by atomic mass is 9.66. The number of carbonyl (C=O) groups is 3. The van der Waals surface area contributed by atoms with Gasteiger partial charge in [-0.25, -0.2) is 0 Å². The van der Waals surface area contributed by atoms with Gasteiger partial charge in [-0.2, -0.15) is 0 Å². The van der Waals surface area contributed by atoms with Crippen LogP contribution in [0.4, 0.5) is 0 Å². The van der Waals surface area contributed by atoms with Crippen molar-refractivity contribution < 1.29 is 29.0 Å². The fourth-order valence-corrected chi connectivity index (χ4v) is 6.51. The molecule has 3 saturated heterocycles. The Morgan fingerprint density at radius 1 is 1.16 bits per heavy atom. The van der Waals surface area contributed by atoms with Gasteiger partial charge in [0.2, 0.25) is 11.8 Å². The van der Waals surface area contributed by atoms with Gasteiger partial charge in [0.25, 0.3) is 0 Å². The zero-order valence-electron chi connectivity index (χ0n) is 23.2. The van der Waals surface area contributed by atoms with Crippen LogP contribution in [0.2, 0.25) is 0 Å². The van der Waals surface area contributed by atoms with Crippen molar-refractivity contribution in [2.45, 2.75) is 102 Å². The molecular weight excluding hydrogens is 472 g/mol. The summed E-state index contributed by atoms with van der Waals surface area (Å²) in [5.41, 5.74) is -2.38. The van der Waals surface area contributed by atoms with Crippen molar-refractivity contribution in [1.29, 1.82) is 0 Å². The maximum atomic E-state index is 14.3. The summed E-state index contributed by atoms with van der Waals surface area (Å²) >= 11 is 0. The minimum Gasteiger partial charge on any atom is -0.465 e. The number of allylic oxidation sites excluding steroid dienone is 1. The van der Waals surface area contributed by atoms with E-state index in [9.17, 15) is 14.4 Å². The predicted molar refractivity (Wildman–Crippen MR) is 142 cm³/mol. The number of aliphatic hydroxyl groups excluding tert-OH is 1. The van der Waals surface area contributed by atoms with Crippen molar-refractivity contribution in [3.8, 4) is 0 Å². The topological polar surface area (TPSA) is 96.4 Å². The van der Waals surface area contributed by atoms with E-state index in [1.54, 1.807) is 22.0 Å². The van der Waals surface area contributed by atoms with Crippen molar-refractivity contribution in [1.82, 2.24) is 9.80 Å². The van der Waals surface area contributed by atoms with Crippen LogP contribution in [-0.4, -0.2) is 81.8 Å². The predicted octanol–water partition coefficient (Wildman–Crippen LogP) is 3.63. The third-order valence-corrected chi connectivity index (χ3v) is 8.26. The Morgan fingerprint density at radius 3 is 2.49 bits per heavy atom. The van der Waals surface area contributed by atoms with Crippen LogP contribution >= 0.6 is 0 Å². The van der Waals surface area contributed by atoms with Crippen molar-refractivity contribution in [3.63, 3.8) is 0 Å². The van der Waals surface area contributed by atoms with Gasteiger partial charge < -0.3 is 24.4 Å². The van der Waals surface area contributed by atoms with Gasteiger partial charge in [-0.1, -0.05) is 25.0 Å². The molecule has 37 heavy (non-hydrogen) atoms. The van der Waals surface area contributed by atoms with Crippen LogP contribution in [0.1, 0.15) is 79.1 Å². The minimum atomic E-state index is -1.05. The van der Waals surface area contributed by atoms with Crippen molar-refractivity contribution >= 4 is 17.8 Å². The Kier molecular flexibility index (Phi) is 9.27. The molecule has 8 heteroatoms. The zero-order valence-corrected chi connectivity index (χ0v) is 23.2. The van der Waals surface area contributed by atoms with E-state index in [0.29, 0.717) is 45.2 Å². The number of aliphatic hydroxyl groups is 1. The first-order valence-corrected chi connectivity index (χ1v) is 13.8. The van der Waals surface area contributed by atoms with Gasteiger partial charge in [0.05, 0.1) is 18.1 Å². The number of fused-ring (bicyclic) bond motifs is 1. The van der Waals surface area contributed by atoms with Crippen molar-refractivity contribution in [2.75, 3.05) is 26.3 Å². The lowest BCUT2D eigenvalue weighted by Gasteiger charge is -2.42. The molecule has 2 unspecified atom stereocenters. The number of likely N-dealkylation sites (tertiary alicyclic amines) is 1. The maximum Gasteiger partial charge on any atom is 0.312 e. The van der Waals surface area contributed by atoms with Gasteiger partial charge in [-0.3, -0.25) is 14.4 Å². The number of amides is 2. The summed E-state index contributed by atoms with van der Waals surface area (Å²) < 4.78 is 12.3. The summed E-state index contributed by atoms with van der Waals surface area (Å²) in [6.07, 6.45) is 9.14. The quantitative estimate of drug-likeness (QED) is 0.214. The molecule has 0 aromatic carbocycles. The Morgan fingerprint density at radius 2 is 1.86 bits per heavy atom. The first-order valence-electron chi connectivity index (χ1n) is 13.8. The second-order valence-corrected chi connectivity index (χ2v) is 11.9. The molecule has 3 aliphatic heterocycles. The normalized spacial score (nSPS) is 30.4. The number of hydrogen-bond acceptors (Lipinski definition) is 6. The smallest absolute Gasteiger partial charge is 0.312 e. The van der Waals surface area contributed by atoms with Crippen LogP contribution in [0.5, 0.6) is 0 Å². The molecule has 0 radical (unpaired) electrons. The molecule has 2 bridgehead atoms. The number of ether oxygens (including phenoxy) is 2. The Hall–Kier alpha value is -2.19. The van der Waals surface area contributed by atoms with Gasteiger partial charge in [0, 0.05) is 25.2 Å². The number of esters is 1. The molecule has 1 spiro atoms. The maximum absolute atomic E-state index is 14.3. The molecule has 0 aliphatic carbocycles. The highest BCUT2D eigenvalue weighted by Crippen LogP contribution is 2.63. The Bertz CT molecular complexity index is 882. The summed E-state index contributed by atoms with van der Waals surface area (Å²) in [6.45, 7) is 16.5. The molecule has 1 N–H and O–H groups in total. The summed E-state index contributed by atoms with van der Waals surface area (Å²) in [6, 6.07) is -0.803. The van der Waals surface area contributed by atoms with Gasteiger partial charge in [-0.15, -0.1) is 13.2 Å². The highest BCUT2D eigenvalue weighted by molar-refractivity contribution is 5.98. The molecule has 0 saturated carbocycles. The molecule has 8 nitrogen and oxygen atoms in total. The fraction of sp³-hybridized carbons (Fsp3) is 0.759. The molecule has 5 atom stereocenters. The highest BCUT2D eigenvalue weighted by atomic mass is 16.6. The molecule has 0 aromatic rings. The van der Waals surface area contributed by atoms with E-state index in [1.165, 1.54) is 0 Å². The summed E-state index contributed by atoms with van der Waals surface area (Å²) in [5, 5.41) is 9.11. The lowest BCUT2D eigenvalue weighted by Crippen LogP contribution is -2.60. The molecule has 3 aliphatic rings. The van der Waals surface area contributed by atoms with E-state index in [4.69, 9.17) is 14.6 Å². The molecule has 208 valence electrons. The van der Waals surface area contributed by atoms with Gasteiger partial charge in [0.1, 0.15) is 17.6 Å².